The average Bonchev–Trinajstić information content (AvgIpc) is 3.12. The van der Waals surface area contributed by atoms with E-state index in [0.29, 0.717) is 13.0 Å². The molecule has 182 valence electrons. The van der Waals surface area contributed by atoms with Crippen molar-refractivity contribution in [3.05, 3.63) is 0 Å². The summed E-state index contributed by atoms with van der Waals surface area (Å²) in [5.41, 5.74) is -0.623. The summed E-state index contributed by atoms with van der Waals surface area (Å²) in [5, 5.41) is 2.44. The van der Waals surface area contributed by atoms with E-state index >= 15 is 0 Å². The summed E-state index contributed by atoms with van der Waals surface area (Å²) in [6.45, 7) is 12.1. The minimum atomic E-state index is -0.648. The van der Waals surface area contributed by atoms with Crippen molar-refractivity contribution in [3.63, 3.8) is 0 Å². The fourth-order valence-electron chi connectivity index (χ4n) is 3.59. The van der Waals surface area contributed by atoms with Crippen molar-refractivity contribution in [2.24, 2.45) is 5.92 Å². The number of unbranched alkanes of at least 4 members (excludes halogenated alkanes) is 5. The molecular weight excluding hydrogens is 396 g/mol. The molecule has 0 aromatic heterocycles. The first kappa shape index (κ1) is 29.2. The lowest BCUT2D eigenvalue weighted by Gasteiger charge is -2.24. The standard InChI is InChI=1S/C16H28N2O5.C8H18/c1-6-7-11-8-12(14(20)22-5)18(10-11)13(19)9-17-15(21)23-16(2,3)4;1-3-5-7-8-6-4-2/h11-12H,6-10H2,1-5H3,(H,17,21);3-8H2,1-2H3/t11-,12?;/m1./s1. The number of amides is 2. The molecule has 0 radical (unpaired) electrons. The monoisotopic (exact) mass is 442 g/mol. The number of rotatable bonds is 10. The van der Waals surface area contributed by atoms with Crippen LogP contribution < -0.4 is 5.32 Å². The second-order valence-corrected chi connectivity index (χ2v) is 9.25. The maximum Gasteiger partial charge on any atom is 0.408 e. The largest absolute Gasteiger partial charge is 0.467 e. The molecule has 1 unspecified atom stereocenters. The van der Waals surface area contributed by atoms with Gasteiger partial charge in [0.25, 0.3) is 0 Å². The highest BCUT2D eigenvalue weighted by atomic mass is 16.6. The maximum absolute atomic E-state index is 12.3. The van der Waals surface area contributed by atoms with Gasteiger partial charge in [-0.05, 0) is 39.5 Å². The van der Waals surface area contributed by atoms with E-state index in [1.807, 2.05) is 0 Å². The molecule has 7 heteroatoms. The first-order chi connectivity index (χ1) is 14.6. The van der Waals surface area contributed by atoms with E-state index in [-0.39, 0.29) is 18.4 Å². The number of alkyl carbamates (subject to hydrolysis) is 1. The van der Waals surface area contributed by atoms with Crippen molar-refractivity contribution >= 4 is 18.0 Å². The van der Waals surface area contributed by atoms with Crippen molar-refractivity contribution < 1.29 is 23.9 Å². The molecule has 1 rings (SSSR count). The summed E-state index contributed by atoms with van der Waals surface area (Å²) in [4.78, 5) is 37.3. The number of hydrogen-bond acceptors (Lipinski definition) is 5. The van der Waals surface area contributed by atoms with Gasteiger partial charge in [-0.15, -0.1) is 0 Å². The van der Waals surface area contributed by atoms with Gasteiger partial charge in [-0.25, -0.2) is 9.59 Å². The number of carbonyl (C=O) groups excluding carboxylic acids is 3. The topological polar surface area (TPSA) is 84.9 Å². The first-order valence-corrected chi connectivity index (χ1v) is 11.9. The molecule has 1 fully saturated rings. The predicted octanol–water partition coefficient (Wildman–Crippen LogP) is 5.07. The van der Waals surface area contributed by atoms with Gasteiger partial charge >= 0.3 is 12.1 Å². The predicted molar refractivity (Wildman–Crippen MR) is 124 cm³/mol. The number of esters is 1. The third-order valence-corrected chi connectivity index (χ3v) is 5.12. The first-order valence-electron chi connectivity index (χ1n) is 11.9. The van der Waals surface area contributed by atoms with Crippen molar-refractivity contribution in [3.8, 4) is 0 Å². The van der Waals surface area contributed by atoms with Gasteiger partial charge < -0.3 is 19.7 Å². The van der Waals surface area contributed by atoms with Gasteiger partial charge in [-0.3, -0.25) is 4.79 Å². The van der Waals surface area contributed by atoms with Crippen LogP contribution in [0.1, 0.15) is 99.3 Å². The molecular formula is C24H46N2O5. The van der Waals surface area contributed by atoms with E-state index in [9.17, 15) is 14.4 Å². The second kappa shape index (κ2) is 15.9. The Hall–Kier alpha value is -1.79. The number of nitrogens with zero attached hydrogens (tertiary/aromatic N) is 1. The molecule has 7 nitrogen and oxygen atoms in total. The number of nitrogens with one attached hydrogen (secondary N) is 1. The Balaban J connectivity index is 0.000000954. The minimum absolute atomic E-state index is 0.193. The van der Waals surface area contributed by atoms with Crippen LogP contribution in [0.3, 0.4) is 0 Å². The fourth-order valence-corrected chi connectivity index (χ4v) is 3.59. The van der Waals surface area contributed by atoms with E-state index in [0.717, 1.165) is 12.8 Å². The number of ether oxygens (including phenoxy) is 2. The normalized spacial score (nSPS) is 18.1. The molecule has 1 N–H and O–H groups in total. The fraction of sp³-hybridized carbons (Fsp3) is 0.875. The zero-order chi connectivity index (χ0) is 23.9. The van der Waals surface area contributed by atoms with E-state index in [4.69, 9.17) is 9.47 Å². The van der Waals surface area contributed by atoms with E-state index in [2.05, 4.69) is 26.1 Å². The number of hydrogen-bond donors (Lipinski definition) is 1. The molecule has 1 aliphatic rings. The van der Waals surface area contributed by atoms with Crippen LogP contribution in [0.2, 0.25) is 0 Å². The molecule has 0 aliphatic carbocycles. The Morgan fingerprint density at radius 1 is 0.968 bits per heavy atom. The van der Waals surface area contributed by atoms with Crippen LogP contribution in [0.25, 0.3) is 0 Å². The Bertz CT molecular complexity index is 525. The molecule has 1 saturated heterocycles. The molecule has 0 spiro atoms. The van der Waals surface area contributed by atoms with Gasteiger partial charge in [0.1, 0.15) is 18.2 Å². The van der Waals surface area contributed by atoms with Gasteiger partial charge in [-0.2, -0.15) is 0 Å². The quantitative estimate of drug-likeness (QED) is 0.377. The SMILES string of the molecule is CCCCCCCC.CCC[C@@H]1CC(C(=O)OC)N(C(=O)CNC(=O)OC(C)(C)C)C1. The lowest BCUT2D eigenvalue weighted by atomic mass is 10.0. The zero-order valence-electron chi connectivity index (χ0n) is 20.9. The average molecular weight is 443 g/mol. The van der Waals surface area contributed by atoms with Crippen molar-refractivity contribution in [1.82, 2.24) is 10.2 Å². The molecule has 0 aromatic carbocycles. The summed E-state index contributed by atoms with van der Waals surface area (Å²) < 4.78 is 9.88. The lowest BCUT2D eigenvalue weighted by molar-refractivity contribution is -0.150. The lowest BCUT2D eigenvalue weighted by Crippen LogP contribution is -2.46. The van der Waals surface area contributed by atoms with Crippen molar-refractivity contribution in [2.45, 2.75) is 111 Å². The van der Waals surface area contributed by atoms with E-state index < -0.39 is 23.7 Å². The maximum atomic E-state index is 12.3. The van der Waals surface area contributed by atoms with Crippen LogP contribution in [-0.2, 0) is 19.1 Å². The number of carbonyl (C=O) groups is 3. The highest BCUT2D eigenvalue weighted by molar-refractivity contribution is 5.87. The van der Waals surface area contributed by atoms with Crippen LogP contribution in [0.15, 0.2) is 0 Å². The zero-order valence-corrected chi connectivity index (χ0v) is 20.9. The minimum Gasteiger partial charge on any atom is -0.467 e. The Kier molecular flexibility index (Phi) is 15.0. The summed E-state index contributed by atoms with van der Waals surface area (Å²) in [6, 6.07) is -0.565. The summed E-state index contributed by atoms with van der Waals surface area (Å²) >= 11 is 0. The van der Waals surface area contributed by atoms with Crippen LogP contribution in [0, 0.1) is 5.92 Å². The number of likely N-dealkylation sites (tertiary alicyclic amines) is 1. The molecule has 2 amide bonds. The molecule has 0 saturated carbocycles. The third-order valence-electron chi connectivity index (χ3n) is 5.12. The Morgan fingerprint density at radius 3 is 2.00 bits per heavy atom. The van der Waals surface area contributed by atoms with Crippen LogP contribution in [0.4, 0.5) is 4.79 Å². The molecule has 31 heavy (non-hydrogen) atoms. The summed E-state index contributed by atoms with van der Waals surface area (Å²) in [6.07, 6.45) is 10.4. The van der Waals surface area contributed by atoms with Gasteiger partial charge in [0, 0.05) is 6.54 Å². The van der Waals surface area contributed by atoms with Gasteiger partial charge in [0.05, 0.1) is 7.11 Å². The highest BCUT2D eigenvalue weighted by Gasteiger charge is 2.39. The Morgan fingerprint density at radius 2 is 1.55 bits per heavy atom. The smallest absolute Gasteiger partial charge is 0.408 e. The highest BCUT2D eigenvalue weighted by Crippen LogP contribution is 2.27. The van der Waals surface area contributed by atoms with Crippen LogP contribution in [-0.4, -0.2) is 54.7 Å². The van der Waals surface area contributed by atoms with Crippen molar-refractivity contribution in [1.29, 1.82) is 0 Å². The van der Waals surface area contributed by atoms with E-state index in [1.165, 1.54) is 50.5 Å². The summed E-state index contributed by atoms with van der Waals surface area (Å²) in [5.74, 6) is -0.423. The van der Waals surface area contributed by atoms with Gasteiger partial charge in [-0.1, -0.05) is 65.7 Å². The molecule has 1 aliphatic heterocycles. The van der Waals surface area contributed by atoms with E-state index in [1.54, 1.807) is 20.8 Å². The molecule has 1 heterocycles. The third kappa shape index (κ3) is 13.3. The van der Waals surface area contributed by atoms with Crippen molar-refractivity contribution in [2.75, 3.05) is 20.2 Å². The molecule has 0 aromatic rings. The van der Waals surface area contributed by atoms with Gasteiger partial charge in [0.2, 0.25) is 5.91 Å². The van der Waals surface area contributed by atoms with Crippen LogP contribution in [0.5, 0.6) is 0 Å². The summed E-state index contributed by atoms with van der Waals surface area (Å²) in [7, 11) is 1.32. The molecule has 2 atom stereocenters. The Labute approximate surface area is 189 Å². The number of methoxy groups -OCH3 is 1. The second-order valence-electron chi connectivity index (χ2n) is 9.25. The van der Waals surface area contributed by atoms with Gasteiger partial charge in [0.15, 0.2) is 0 Å². The molecule has 0 bridgehead atoms. The van der Waals surface area contributed by atoms with Crippen LogP contribution >= 0.6 is 0 Å².